The highest BCUT2D eigenvalue weighted by Crippen LogP contribution is 2.37. The lowest BCUT2D eigenvalue weighted by Gasteiger charge is -2.29. The van der Waals surface area contributed by atoms with Crippen LogP contribution >= 0.6 is 0 Å². The molecular formula is C13H21N5O4. The summed E-state index contributed by atoms with van der Waals surface area (Å²) in [6, 6.07) is 0. The zero-order valence-corrected chi connectivity index (χ0v) is 12.3. The molecule has 3 rings (SSSR count). The number of aliphatic hydroxyl groups excluding tert-OH is 2. The molecule has 122 valence electrons. The summed E-state index contributed by atoms with van der Waals surface area (Å²) in [7, 11) is 0. The summed E-state index contributed by atoms with van der Waals surface area (Å²) < 4.78 is 11.5. The van der Waals surface area contributed by atoms with E-state index in [1.54, 1.807) is 0 Å². The summed E-state index contributed by atoms with van der Waals surface area (Å²) in [6.45, 7) is 2.63. The van der Waals surface area contributed by atoms with Crippen molar-refractivity contribution in [1.82, 2.24) is 9.97 Å². The maximum absolute atomic E-state index is 10.3. The van der Waals surface area contributed by atoms with Crippen molar-refractivity contribution in [2.24, 2.45) is 0 Å². The number of rotatable bonds is 5. The molecule has 5 N–H and O–H groups in total. The molecule has 1 aromatic heterocycles. The van der Waals surface area contributed by atoms with Gasteiger partial charge in [-0.15, -0.1) is 0 Å². The minimum atomic E-state index is -0.898. The van der Waals surface area contributed by atoms with Crippen molar-refractivity contribution in [3.05, 3.63) is 6.33 Å². The van der Waals surface area contributed by atoms with Gasteiger partial charge in [0, 0.05) is 6.61 Å². The number of hydrogen-bond acceptors (Lipinski definition) is 9. The second kappa shape index (κ2) is 6.21. The number of nitrogens with two attached hydrogens (primary N) is 1. The Morgan fingerprint density at radius 2 is 2.36 bits per heavy atom. The lowest BCUT2D eigenvalue weighted by molar-refractivity contribution is -0.0371. The third-order valence-corrected chi connectivity index (χ3v) is 3.87. The molecule has 0 bridgehead atoms. The van der Waals surface area contributed by atoms with Gasteiger partial charge in [-0.1, -0.05) is 6.92 Å². The molecule has 1 saturated heterocycles. The van der Waals surface area contributed by atoms with Gasteiger partial charge in [0.2, 0.25) is 0 Å². The fourth-order valence-electron chi connectivity index (χ4n) is 2.78. The van der Waals surface area contributed by atoms with Gasteiger partial charge in [-0.2, -0.15) is 0 Å². The van der Waals surface area contributed by atoms with Crippen molar-refractivity contribution in [3.63, 3.8) is 0 Å². The molecule has 0 aromatic carbocycles. The van der Waals surface area contributed by atoms with Crippen molar-refractivity contribution in [1.29, 1.82) is 0 Å². The van der Waals surface area contributed by atoms with Crippen LogP contribution in [0.1, 0.15) is 13.3 Å². The highest BCUT2D eigenvalue weighted by atomic mass is 16.6. The third kappa shape index (κ3) is 2.45. The number of aliphatic hydroxyl groups is 2. The van der Waals surface area contributed by atoms with Crippen molar-refractivity contribution in [3.8, 4) is 0 Å². The van der Waals surface area contributed by atoms with Gasteiger partial charge >= 0.3 is 0 Å². The molecule has 0 aliphatic carbocycles. The van der Waals surface area contributed by atoms with Crippen LogP contribution in [0.5, 0.6) is 0 Å². The number of ether oxygens (including phenoxy) is 2. The third-order valence-electron chi connectivity index (χ3n) is 3.87. The van der Waals surface area contributed by atoms with E-state index in [2.05, 4.69) is 15.3 Å². The Labute approximate surface area is 128 Å². The van der Waals surface area contributed by atoms with Crippen LogP contribution in [0.2, 0.25) is 0 Å². The molecule has 0 amide bonds. The summed E-state index contributed by atoms with van der Waals surface area (Å²) in [5, 5.41) is 22.8. The van der Waals surface area contributed by atoms with Gasteiger partial charge in [0.05, 0.1) is 13.3 Å². The molecule has 0 saturated carbocycles. The van der Waals surface area contributed by atoms with Crippen LogP contribution in [0.4, 0.5) is 17.3 Å². The van der Waals surface area contributed by atoms with Gasteiger partial charge in [0.25, 0.3) is 0 Å². The molecule has 22 heavy (non-hydrogen) atoms. The molecule has 9 nitrogen and oxygen atoms in total. The predicted molar refractivity (Wildman–Crippen MR) is 79.2 cm³/mol. The van der Waals surface area contributed by atoms with Crippen molar-refractivity contribution in [2.45, 2.75) is 37.9 Å². The average Bonchev–Trinajstić information content (AvgIpc) is 3.07. The fourth-order valence-corrected chi connectivity index (χ4v) is 2.78. The monoisotopic (exact) mass is 311 g/mol. The van der Waals surface area contributed by atoms with E-state index in [1.165, 1.54) is 6.33 Å². The van der Waals surface area contributed by atoms with Gasteiger partial charge < -0.3 is 35.6 Å². The Kier molecular flexibility index (Phi) is 4.30. The zero-order chi connectivity index (χ0) is 15.7. The minimum Gasteiger partial charge on any atom is -0.394 e. The van der Waals surface area contributed by atoms with Crippen molar-refractivity contribution >= 4 is 17.3 Å². The Hall–Kier alpha value is -1.68. The maximum Gasteiger partial charge on any atom is 0.162 e. The second-order valence-electron chi connectivity index (χ2n) is 5.34. The molecule has 0 spiro atoms. The molecule has 1 aromatic rings. The standard InChI is InChI=1S/C13H21N5O4/c1-2-3-21-10-9(20)7(4-19)22-13(10)18-6-17-8-11(14)15-5-16-12(8)18/h5,7,9-10,13,17,19-20H,2-4,6H2,1H3,(H2,14,15,16)/t7-,9?,10?,13-/m1/s1. The van der Waals surface area contributed by atoms with E-state index < -0.39 is 24.5 Å². The molecule has 2 aliphatic heterocycles. The molecule has 2 unspecified atom stereocenters. The fraction of sp³-hybridized carbons (Fsp3) is 0.692. The molecular weight excluding hydrogens is 290 g/mol. The predicted octanol–water partition coefficient (Wildman–Crippen LogP) is -0.878. The Balaban J connectivity index is 1.86. The number of hydrogen-bond donors (Lipinski definition) is 4. The van der Waals surface area contributed by atoms with Crippen LogP contribution in [0.3, 0.4) is 0 Å². The lowest BCUT2D eigenvalue weighted by Crippen LogP contribution is -2.46. The quantitative estimate of drug-likeness (QED) is 0.548. The van der Waals surface area contributed by atoms with Crippen LogP contribution in [0, 0.1) is 0 Å². The molecule has 1 fully saturated rings. The molecule has 4 atom stereocenters. The molecule has 3 heterocycles. The SMILES string of the molecule is CCCOC1C(O)[C@@H](CO)O[C@H]1N1CNc2c(N)ncnc21. The van der Waals surface area contributed by atoms with E-state index in [4.69, 9.17) is 15.2 Å². The normalized spacial score (nSPS) is 30.4. The summed E-state index contributed by atoms with van der Waals surface area (Å²) in [5.74, 6) is 0.962. The Bertz CT molecular complexity index is 531. The Morgan fingerprint density at radius 3 is 3.09 bits per heavy atom. The topological polar surface area (TPSA) is 126 Å². The first-order valence-electron chi connectivity index (χ1n) is 7.34. The second-order valence-corrected chi connectivity index (χ2v) is 5.34. The van der Waals surface area contributed by atoms with E-state index in [-0.39, 0.29) is 6.61 Å². The summed E-state index contributed by atoms with van der Waals surface area (Å²) in [5.41, 5.74) is 6.47. The van der Waals surface area contributed by atoms with E-state index in [0.29, 0.717) is 30.6 Å². The summed E-state index contributed by atoms with van der Waals surface area (Å²) in [6.07, 6.45) is -0.503. The number of nitrogen functional groups attached to an aromatic ring is 1. The van der Waals surface area contributed by atoms with Crippen LogP contribution in [-0.4, -0.2) is 64.6 Å². The molecule has 9 heteroatoms. The zero-order valence-electron chi connectivity index (χ0n) is 12.3. The van der Waals surface area contributed by atoms with Crippen LogP contribution in [-0.2, 0) is 9.47 Å². The van der Waals surface area contributed by atoms with E-state index in [0.717, 1.165) is 6.42 Å². The maximum atomic E-state index is 10.3. The van der Waals surface area contributed by atoms with Gasteiger partial charge in [0.15, 0.2) is 17.9 Å². The van der Waals surface area contributed by atoms with Crippen LogP contribution in [0.25, 0.3) is 0 Å². The lowest BCUT2D eigenvalue weighted by atomic mass is 10.1. The van der Waals surface area contributed by atoms with E-state index in [1.807, 2.05) is 11.8 Å². The number of nitrogens with zero attached hydrogens (tertiary/aromatic N) is 3. The molecule has 2 aliphatic rings. The van der Waals surface area contributed by atoms with E-state index >= 15 is 0 Å². The first kappa shape index (κ1) is 15.2. The number of nitrogens with one attached hydrogen (secondary N) is 1. The van der Waals surface area contributed by atoms with Gasteiger partial charge in [-0.3, -0.25) is 0 Å². The van der Waals surface area contributed by atoms with E-state index in [9.17, 15) is 10.2 Å². The Morgan fingerprint density at radius 1 is 1.55 bits per heavy atom. The highest BCUT2D eigenvalue weighted by molar-refractivity contribution is 5.80. The highest BCUT2D eigenvalue weighted by Gasteiger charge is 2.48. The van der Waals surface area contributed by atoms with Crippen molar-refractivity contribution < 1.29 is 19.7 Å². The largest absolute Gasteiger partial charge is 0.394 e. The minimum absolute atomic E-state index is 0.274. The number of anilines is 3. The molecule has 0 radical (unpaired) electrons. The van der Waals surface area contributed by atoms with Crippen LogP contribution in [0.15, 0.2) is 6.33 Å². The average molecular weight is 311 g/mol. The first-order valence-corrected chi connectivity index (χ1v) is 7.34. The van der Waals surface area contributed by atoms with Crippen LogP contribution < -0.4 is 16.0 Å². The van der Waals surface area contributed by atoms with Crippen molar-refractivity contribution in [2.75, 3.05) is 35.8 Å². The van der Waals surface area contributed by atoms with Gasteiger partial charge in [-0.25, -0.2) is 9.97 Å². The van der Waals surface area contributed by atoms with Gasteiger partial charge in [-0.05, 0) is 6.42 Å². The summed E-state index contributed by atoms with van der Waals surface area (Å²) >= 11 is 0. The first-order chi connectivity index (χ1) is 10.7. The van der Waals surface area contributed by atoms with Gasteiger partial charge in [0.1, 0.15) is 30.3 Å². The smallest absolute Gasteiger partial charge is 0.162 e. The summed E-state index contributed by atoms with van der Waals surface area (Å²) in [4.78, 5) is 10.00. The number of fused-ring (bicyclic) bond motifs is 1. The number of aromatic nitrogens is 2.